The van der Waals surface area contributed by atoms with Crippen molar-refractivity contribution in [3.63, 3.8) is 0 Å². The fourth-order valence-corrected chi connectivity index (χ4v) is 4.45. The number of aromatic nitrogens is 1. The van der Waals surface area contributed by atoms with Gasteiger partial charge in [-0.15, -0.1) is 11.3 Å². The van der Waals surface area contributed by atoms with Crippen LogP contribution in [0.1, 0.15) is 29.1 Å². The third-order valence-electron chi connectivity index (χ3n) is 5.17. The van der Waals surface area contributed by atoms with Gasteiger partial charge in [-0.1, -0.05) is 29.8 Å². The molecule has 2 heterocycles. The molecule has 28 heavy (non-hydrogen) atoms. The highest BCUT2D eigenvalue weighted by molar-refractivity contribution is 7.09. The molecule has 1 aromatic carbocycles. The van der Waals surface area contributed by atoms with Gasteiger partial charge in [-0.2, -0.15) is 0 Å². The van der Waals surface area contributed by atoms with Crippen LogP contribution in [0.3, 0.4) is 0 Å². The molecule has 2 aromatic rings. The number of carbonyl (C=O) groups excluding carboxylic acids is 3. The predicted molar refractivity (Wildman–Crippen MR) is 107 cm³/mol. The summed E-state index contributed by atoms with van der Waals surface area (Å²) in [5, 5.41) is 5.33. The number of rotatable bonds is 5. The number of carbonyl (C=O) groups is 3. The largest absolute Gasteiger partial charge is 0.326 e. The molecule has 7 heteroatoms. The Balaban J connectivity index is 1.37. The van der Waals surface area contributed by atoms with E-state index in [1.807, 2.05) is 48.7 Å². The molecular weight excluding hydrogens is 374 g/mol. The minimum absolute atomic E-state index is 0.106. The van der Waals surface area contributed by atoms with E-state index in [2.05, 4.69) is 10.3 Å². The lowest BCUT2D eigenvalue weighted by molar-refractivity contribution is -0.140. The second kappa shape index (κ2) is 7.67. The number of thiazole rings is 1. The number of anilines is 1. The van der Waals surface area contributed by atoms with Gasteiger partial charge in [-0.3, -0.25) is 19.3 Å². The van der Waals surface area contributed by atoms with Gasteiger partial charge in [0.1, 0.15) is 5.01 Å². The molecule has 1 N–H and O–H groups in total. The molecular formula is C21H21N3O3S. The molecule has 1 aromatic heterocycles. The van der Waals surface area contributed by atoms with Gasteiger partial charge in [0.15, 0.2) is 0 Å². The molecule has 1 aliphatic heterocycles. The summed E-state index contributed by atoms with van der Waals surface area (Å²) in [4.78, 5) is 43.1. The Morgan fingerprint density at radius 2 is 1.79 bits per heavy atom. The van der Waals surface area contributed by atoms with Gasteiger partial charge < -0.3 is 5.32 Å². The summed E-state index contributed by atoms with van der Waals surface area (Å²) in [5.41, 5.74) is 2.53. The number of likely N-dealkylation sites (tertiary alicyclic amines) is 1. The fraction of sp³-hybridized carbons (Fsp3) is 0.333. The van der Waals surface area contributed by atoms with Crippen LogP contribution in [0.5, 0.6) is 0 Å². The maximum Gasteiger partial charge on any atom is 0.233 e. The van der Waals surface area contributed by atoms with Crippen molar-refractivity contribution >= 4 is 34.7 Å². The van der Waals surface area contributed by atoms with E-state index in [9.17, 15) is 14.4 Å². The molecule has 144 valence electrons. The van der Waals surface area contributed by atoms with Gasteiger partial charge in [0, 0.05) is 11.1 Å². The highest BCUT2D eigenvalue weighted by atomic mass is 32.1. The third kappa shape index (κ3) is 3.75. The molecule has 0 saturated carbocycles. The number of hydrogen-bond donors (Lipinski definition) is 1. The number of amides is 3. The van der Waals surface area contributed by atoms with Crippen molar-refractivity contribution < 1.29 is 14.4 Å². The molecule has 1 aliphatic carbocycles. The normalized spacial score (nSPS) is 21.1. The van der Waals surface area contributed by atoms with Crippen molar-refractivity contribution in [2.45, 2.75) is 32.7 Å². The Labute approximate surface area is 167 Å². The van der Waals surface area contributed by atoms with Gasteiger partial charge in [0.05, 0.1) is 30.5 Å². The summed E-state index contributed by atoms with van der Waals surface area (Å²) in [6, 6.07) is 7.60. The summed E-state index contributed by atoms with van der Waals surface area (Å²) in [5.74, 6) is -0.806. The van der Waals surface area contributed by atoms with E-state index in [0.717, 1.165) is 11.3 Å². The summed E-state index contributed by atoms with van der Waals surface area (Å²) >= 11 is 1.37. The number of imide groups is 1. The van der Waals surface area contributed by atoms with Crippen molar-refractivity contribution in [2.24, 2.45) is 11.8 Å². The van der Waals surface area contributed by atoms with E-state index < -0.39 is 0 Å². The van der Waals surface area contributed by atoms with Crippen LogP contribution in [0.2, 0.25) is 0 Å². The lowest BCUT2D eigenvalue weighted by Crippen LogP contribution is -2.30. The number of nitrogens with zero attached hydrogens (tertiary/aromatic N) is 2. The molecule has 6 nitrogen and oxygen atoms in total. The average Bonchev–Trinajstić information content (AvgIpc) is 3.22. The number of hydrogen-bond acceptors (Lipinski definition) is 5. The Morgan fingerprint density at radius 3 is 2.43 bits per heavy atom. The standard InChI is InChI=1S/C21H21N3O3S/c1-13-6-8-14(9-7-13)22-18(25)10-19-23-15(12-28-19)11-24-20(26)16-4-2-3-5-17(16)21(24)27/h2-3,6-9,12,16-17H,4-5,10-11H2,1H3,(H,22,25)/t16-,17-/m1/s1. The minimum Gasteiger partial charge on any atom is -0.326 e. The van der Waals surface area contributed by atoms with Crippen molar-refractivity contribution in [3.8, 4) is 0 Å². The maximum atomic E-state index is 12.5. The van der Waals surface area contributed by atoms with Crippen LogP contribution in [0.4, 0.5) is 5.69 Å². The highest BCUT2D eigenvalue weighted by Gasteiger charge is 2.47. The topological polar surface area (TPSA) is 79.4 Å². The van der Waals surface area contributed by atoms with E-state index in [-0.39, 0.29) is 42.5 Å². The number of benzene rings is 1. The molecule has 4 rings (SSSR count). The molecule has 2 atom stereocenters. The first-order chi connectivity index (χ1) is 13.5. The fourth-order valence-electron chi connectivity index (χ4n) is 3.67. The number of nitrogens with one attached hydrogen (secondary N) is 1. The van der Waals surface area contributed by atoms with Crippen molar-refractivity contribution in [1.82, 2.24) is 9.88 Å². The zero-order chi connectivity index (χ0) is 19.7. The summed E-state index contributed by atoms with van der Waals surface area (Å²) in [6.45, 7) is 2.17. The van der Waals surface area contributed by atoms with Crippen LogP contribution < -0.4 is 5.32 Å². The molecule has 0 bridgehead atoms. The monoisotopic (exact) mass is 395 g/mol. The third-order valence-corrected chi connectivity index (χ3v) is 6.06. The lowest BCUT2D eigenvalue weighted by atomic mass is 9.85. The van der Waals surface area contributed by atoms with Crippen LogP contribution in [0.15, 0.2) is 41.8 Å². The molecule has 0 spiro atoms. The second-order valence-corrected chi connectivity index (χ2v) is 8.18. The van der Waals surface area contributed by atoms with E-state index in [1.165, 1.54) is 16.2 Å². The van der Waals surface area contributed by atoms with Crippen LogP contribution >= 0.6 is 11.3 Å². The lowest BCUT2D eigenvalue weighted by Gasteiger charge is -2.14. The summed E-state index contributed by atoms with van der Waals surface area (Å²) in [7, 11) is 0. The highest BCUT2D eigenvalue weighted by Crippen LogP contribution is 2.35. The predicted octanol–water partition coefficient (Wildman–Crippen LogP) is 3.08. The number of aryl methyl sites for hydroxylation is 1. The number of allylic oxidation sites excluding steroid dienone is 2. The van der Waals surface area contributed by atoms with E-state index in [1.54, 1.807) is 0 Å². The Hall–Kier alpha value is -2.80. The first-order valence-electron chi connectivity index (χ1n) is 9.31. The molecule has 1 fully saturated rings. The van der Waals surface area contributed by atoms with E-state index >= 15 is 0 Å². The Morgan fingerprint density at radius 1 is 1.14 bits per heavy atom. The second-order valence-electron chi connectivity index (χ2n) is 7.24. The zero-order valence-electron chi connectivity index (χ0n) is 15.6. The van der Waals surface area contributed by atoms with Crippen LogP contribution in [-0.2, 0) is 27.3 Å². The Bertz CT molecular complexity index is 922. The van der Waals surface area contributed by atoms with Crippen LogP contribution in [-0.4, -0.2) is 27.6 Å². The van der Waals surface area contributed by atoms with Crippen LogP contribution in [0, 0.1) is 18.8 Å². The average molecular weight is 395 g/mol. The summed E-state index contributed by atoms with van der Waals surface area (Å²) < 4.78 is 0. The zero-order valence-corrected chi connectivity index (χ0v) is 16.4. The van der Waals surface area contributed by atoms with Gasteiger partial charge in [-0.05, 0) is 31.9 Å². The van der Waals surface area contributed by atoms with E-state index in [0.29, 0.717) is 23.5 Å². The molecule has 1 saturated heterocycles. The van der Waals surface area contributed by atoms with Crippen molar-refractivity contribution in [3.05, 3.63) is 58.1 Å². The van der Waals surface area contributed by atoms with Crippen molar-refractivity contribution in [2.75, 3.05) is 5.32 Å². The van der Waals surface area contributed by atoms with Gasteiger partial charge in [0.2, 0.25) is 17.7 Å². The molecule has 3 amide bonds. The van der Waals surface area contributed by atoms with Gasteiger partial charge >= 0.3 is 0 Å². The first kappa shape index (κ1) is 18.6. The van der Waals surface area contributed by atoms with Gasteiger partial charge in [0.25, 0.3) is 0 Å². The first-order valence-corrected chi connectivity index (χ1v) is 10.2. The van der Waals surface area contributed by atoms with Crippen LogP contribution in [0.25, 0.3) is 0 Å². The Kier molecular flexibility index (Phi) is 5.09. The van der Waals surface area contributed by atoms with Crippen molar-refractivity contribution in [1.29, 1.82) is 0 Å². The minimum atomic E-state index is -0.226. The number of fused-ring (bicyclic) bond motifs is 1. The molecule has 0 unspecified atom stereocenters. The SMILES string of the molecule is Cc1ccc(NC(=O)Cc2nc(CN3C(=O)[C@@H]4CC=CC[C@H]4C3=O)cs2)cc1. The quantitative estimate of drug-likeness (QED) is 0.623. The molecule has 0 radical (unpaired) electrons. The smallest absolute Gasteiger partial charge is 0.233 e. The maximum absolute atomic E-state index is 12.5. The molecule has 2 aliphatic rings. The van der Waals surface area contributed by atoms with Gasteiger partial charge in [-0.25, -0.2) is 4.98 Å². The summed E-state index contributed by atoms with van der Waals surface area (Å²) in [6.07, 6.45) is 5.38. The van der Waals surface area contributed by atoms with E-state index in [4.69, 9.17) is 0 Å².